The van der Waals surface area contributed by atoms with Crippen LogP contribution in [0.4, 0.5) is 0 Å². The van der Waals surface area contributed by atoms with E-state index in [1.807, 2.05) is 31.2 Å². The van der Waals surface area contributed by atoms with Crippen molar-refractivity contribution < 1.29 is 0 Å². The van der Waals surface area contributed by atoms with Crippen molar-refractivity contribution in [3.63, 3.8) is 0 Å². The van der Waals surface area contributed by atoms with E-state index in [1.54, 1.807) is 0 Å². The monoisotopic (exact) mass is 221 g/mol. The Morgan fingerprint density at radius 1 is 1.00 bits per heavy atom. The molecule has 2 aromatic rings. The molecule has 17 heavy (non-hydrogen) atoms. The largest absolute Gasteiger partial charge is 0.245 e. The fraction of sp³-hybridized carbons (Fsp3) is 0.188. The van der Waals surface area contributed by atoms with Crippen LogP contribution in [0.3, 0.4) is 0 Å². The molecule has 0 aliphatic carbocycles. The van der Waals surface area contributed by atoms with Gasteiger partial charge in [-0.05, 0) is 37.0 Å². The van der Waals surface area contributed by atoms with Crippen LogP contribution in [0, 0.1) is 18.8 Å². The summed E-state index contributed by atoms with van der Waals surface area (Å²) in [6.45, 7) is 1.98. The van der Waals surface area contributed by atoms with E-state index in [-0.39, 0.29) is 0 Å². The van der Waals surface area contributed by atoms with Crippen LogP contribution in [0.25, 0.3) is 0 Å². The van der Waals surface area contributed by atoms with Crippen molar-refractivity contribution >= 4 is 0 Å². The zero-order valence-corrected chi connectivity index (χ0v) is 9.98. The third kappa shape index (κ3) is 3.77. The van der Waals surface area contributed by atoms with Crippen molar-refractivity contribution in [2.24, 2.45) is 0 Å². The molecule has 0 spiro atoms. The van der Waals surface area contributed by atoms with E-state index in [0.29, 0.717) is 0 Å². The number of nitrogens with zero attached hydrogens (tertiary/aromatic N) is 1. The van der Waals surface area contributed by atoms with E-state index >= 15 is 0 Å². The number of benzene rings is 1. The molecule has 1 nitrogen and oxygen atoms in total. The maximum Gasteiger partial charge on any atom is 0.113 e. The van der Waals surface area contributed by atoms with Gasteiger partial charge in [-0.1, -0.05) is 42.3 Å². The molecule has 1 heteroatoms. The van der Waals surface area contributed by atoms with Gasteiger partial charge in [-0.15, -0.1) is 0 Å². The predicted octanol–water partition coefficient (Wildman–Crippen LogP) is 3.37. The first-order chi connectivity index (χ1) is 8.34. The van der Waals surface area contributed by atoms with Crippen LogP contribution in [0.5, 0.6) is 0 Å². The Balaban J connectivity index is 1.91. The molecule has 0 amide bonds. The summed E-state index contributed by atoms with van der Waals surface area (Å²) >= 11 is 0. The van der Waals surface area contributed by atoms with Crippen molar-refractivity contribution in [2.45, 2.75) is 19.8 Å². The average Bonchev–Trinajstić information content (AvgIpc) is 2.36. The Morgan fingerprint density at radius 2 is 1.82 bits per heavy atom. The minimum Gasteiger partial charge on any atom is -0.245 e. The van der Waals surface area contributed by atoms with Gasteiger partial charge in [0.15, 0.2) is 0 Å². The highest BCUT2D eigenvalue weighted by Gasteiger charge is 1.90. The van der Waals surface area contributed by atoms with E-state index in [9.17, 15) is 0 Å². The van der Waals surface area contributed by atoms with Gasteiger partial charge in [0.1, 0.15) is 5.69 Å². The Hall–Kier alpha value is -2.07. The number of rotatable bonds is 2. The van der Waals surface area contributed by atoms with Gasteiger partial charge in [-0.2, -0.15) is 0 Å². The second-order valence-corrected chi connectivity index (χ2v) is 3.95. The van der Waals surface area contributed by atoms with E-state index in [0.717, 1.165) is 24.2 Å². The van der Waals surface area contributed by atoms with Crippen LogP contribution in [0.15, 0.2) is 48.5 Å². The predicted molar refractivity (Wildman–Crippen MR) is 70.6 cm³/mol. The van der Waals surface area contributed by atoms with Crippen LogP contribution < -0.4 is 0 Å². The Kier molecular flexibility index (Phi) is 3.94. The first-order valence-electron chi connectivity index (χ1n) is 5.81. The van der Waals surface area contributed by atoms with E-state index in [4.69, 9.17) is 0 Å². The Morgan fingerprint density at radius 3 is 2.59 bits per heavy atom. The molecule has 0 saturated carbocycles. The maximum absolute atomic E-state index is 4.34. The molecular formula is C16H15N. The third-order valence-electron chi connectivity index (χ3n) is 2.49. The smallest absolute Gasteiger partial charge is 0.113 e. The molecule has 1 aromatic heterocycles. The molecule has 0 atom stereocenters. The molecule has 0 bridgehead atoms. The molecule has 0 aliphatic heterocycles. The number of aryl methyl sites for hydroxylation is 2. The van der Waals surface area contributed by atoms with Gasteiger partial charge in [-0.3, -0.25) is 0 Å². The van der Waals surface area contributed by atoms with Gasteiger partial charge in [0.25, 0.3) is 0 Å². The minimum absolute atomic E-state index is 0.859. The van der Waals surface area contributed by atoms with E-state index in [1.165, 1.54) is 5.56 Å². The van der Waals surface area contributed by atoms with E-state index in [2.05, 4.69) is 41.1 Å². The lowest BCUT2D eigenvalue weighted by atomic mass is 10.1. The second kappa shape index (κ2) is 5.86. The highest BCUT2D eigenvalue weighted by molar-refractivity contribution is 5.28. The lowest BCUT2D eigenvalue weighted by molar-refractivity contribution is 1.03. The molecule has 0 fully saturated rings. The van der Waals surface area contributed by atoms with Gasteiger partial charge < -0.3 is 0 Å². The first-order valence-corrected chi connectivity index (χ1v) is 5.81. The van der Waals surface area contributed by atoms with Gasteiger partial charge in [0.05, 0.1) is 0 Å². The molecule has 0 saturated heterocycles. The zero-order chi connectivity index (χ0) is 11.9. The topological polar surface area (TPSA) is 12.9 Å². The number of hydrogen-bond donors (Lipinski definition) is 0. The van der Waals surface area contributed by atoms with Gasteiger partial charge in [-0.25, -0.2) is 4.98 Å². The van der Waals surface area contributed by atoms with Crippen LogP contribution in [-0.2, 0) is 6.42 Å². The Labute approximate surface area is 103 Å². The summed E-state index contributed by atoms with van der Waals surface area (Å²) < 4.78 is 0. The standard InChI is InChI=1S/C16H15N/c1-14-8-7-13-16(17-14)12-6-5-11-15-9-3-2-4-10-15/h2-4,7-10,13H,5,11H2,1H3. The Bertz CT molecular complexity index is 532. The van der Waals surface area contributed by atoms with Crippen LogP contribution in [0.1, 0.15) is 23.4 Å². The first kappa shape index (κ1) is 11.4. The van der Waals surface area contributed by atoms with Crippen molar-refractivity contribution in [2.75, 3.05) is 0 Å². The summed E-state index contributed by atoms with van der Waals surface area (Å²) in [5.74, 6) is 6.26. The highest BCUT2D eigenvalue weighted by atomic mass is 14.7. The molecule has 0 N–H and O–H groups in total. The molecule has 1 heterocycles. The summed E-state index contributed by atoms with van der Waals surface area (Å²) in [7, 11) is 0. The van der Waals surface area contributed by atoms with Crippen LogP contribution >= 0.6 is 0 Å². The van der Waals surface area contributed by atoms with Gasteiger partial charge >= 0.3 is 0 Å². The quantitative estimate of drug-likeness (QED) is 0.708. The van der Waals surface area contributed by atoms with Crippen LogP contribution in [0.2, 0.25) is 0 Å². The molecule has 1 aromatic carbocycles. The molecule has 2 rings (SSSR count). The maximum atomic E-state index is 4.34. The van der Waals surface area contributed by atoms with Crippen molar-refractivity contribution in [1.82, 2.24) is 4.98 Å². The van der Waals surface area contributed by atoms with Gasteiger partial charge in [0, 0.05) is 12.1 Å². The van der Waals surface area contributed by atoms with Gasteiger partial charge in [0.2, 0.25) is 0 Å². The number of pyridine rings is 1. The fourth-order valence-corrected chi connectivity index (χ4v) is 1.62. The molecule has 0 aliphatic rings. The summed E-state index contributed by atoms with van der Waals surface area (Å²) in [6, 6.07) is 16.3. The molecule has 0 radical (unpaired) electrons. The fourth-order valence-electron chi connectivity index (χ4n) is 1.62. The molecular weight excluding hydrogens is 206 g/mol. The normalized spacial score (nSPS) is 9.47. The minimum atomic E-state index is 0.859. The zero-order valence-electron chi connectivity index (χ0n) is 9.98. The third-order valence-corrected chi connectivity index (χ3v) is 2.49. The molecule has 84 valence electrons. The highest BCUT2D eigenvalue weighted by Crippen LogP contribution is 2.01. The summed E-state index contributed by atoms with van der Waals surface area (Å²) in [6.07, 6.45) is 1.87. The van der Waals surface area contributed by atoms with Crippen LogP contribution in [-0.4, -0.2) is 4.98 Å². The van der Waals surface area contributed by atoms with Crippen molar-refractivity contribution in [3.05, 3.63) is 65.5 Å². The molecule has 0 unspecified atom stereocenters. The number of aromatic nitrogens is 1. The lowest BCUT2D eigenvalue weighted by Gasteiger charge is -1.95. The van der Waals surface area contributed by atoms with E-state index < -0.39 is 0 Å². The van der Waals surface area contributed by atoms with Crippen molar-refractivity contribution in [3.8, 4) is 11.8 Å². The average molecular weight is 221 g/mol. The second-order valence-electron chi connectivity index (χ2n) is 3.95. The lowest BCUT2D eigenvalue weighted by Crippen LogP contribution is -1.85. The number of hydrogen-bond acceptors (Lipinski definition) is 1. The summed E-state index contributed by atoms with van der Waals surface area (Å²) in [5.41, 5.74) is 3.21. The van der Waals surface area contributed by atoms with Crippen molar-refractivity contribution in [1.29, 1.82) is 0 Å². The summed E-state index contributed by atoms with van der Waals surface area (Å²) in [5, 5.41) is 0. The summed E-state index contributed by atoms with van der Waals surface area (Å²) in [4.78, 5) is 4.34. The SMILES string of the molecule is Cc1cccc(C#CCCc2ccccc2)n1.